The van der Waals surface area contributed by atoms with E-state index in [0.717, 1.165) is 59.1 Å². The molecule has 7 heteroatoms. The second-order valence-corrected chi connectivity index (χ2v) is 11.9. The van der Waals surface area contributed by atoms with Crippen molar-refractivity contribution in [2.75, 3.05) is 6.61 Å². The number of carboxylic acid groups (broad SMARTS) is 1. The Labute approximate surface area is 239 Å². The molecule has 3 aromatic rings. The average molecular weight is 551 g/mol. The van der Waals surface area contributed by atoms with Crippen LogP contribution in [0.3, 0.4) is 0 Å². The normalized spacial score (nSPS) is 24.7. The van der Waals surface area contributed by atoms with Crippen molar-refractivity contribution in [1.82, 2.24) is 9.80 Å². The number of likely N-dealkylation sites (tertiary alicyclic amines) is 1. The van der Waals surface area contributed by atoms with Crippen molar-refractivity contribution in [1.29, 1.82) is 0 Å². The van der Waals surface area contributed by atoms with Crippen LogP contribution in [0.5, 0.6) is 0 Å². The first kappa shape index (κ1) is 25.8. The van der Waals surface area contributed by atoms with E-state index in [2.05, 4.69) is 24.3 Å². The molecule has 1 saturated carbocycles. The number of benzene rings is 3. The van der Waals surface area contributed by atoms with Crippen LogP contribution in [0.15, 0.2) is 72.8 Å². The van der Waals surface area contributed by atoms with Crippen molar-refractivity contribution in [3.63, 3.8) is 0 Å². The number of hydrogen-bond acceptors (Lipinski definition) is 4. The third-order valence-corrected chi connectivity index (χ3v) is 9.73. The van der Waals surface area contributed by atoms with E-state index in [1.807, 2.05) is 48.5 Å². The molecule has 2 unspecified atom stereocenters. The Kier molecular flexibility index (Phi) is 6.53. The predicted octanol–water partition coefficient (Wildman–Crippen LogP) is 5.61. The van der Waals surface area contributed by atoms with Crippen LogP contribution >= 0.6 is 0 Å². The minimum atomic E-state index is -0.961. The van der Waals surface area contributed by atoms with Crippen LogP contribution in [-0.4, -0.2) is 57.6 Å². The van der Waals surface area contributed by atoms with Crippen LogP contribution in [-0.2, 0) is 27.3 Å². The SMILES string of the molecule is O=C(O)[C@@H]1CC2CCCCC2N1C(=O)[C@H]1Cc2ccccc2CN1C(=O)OCC1c2ccccc2-c2ccccc21. The lowest BCUT2D eigenvalue weighted by atomic mass is 9.84. The molecule has 41 heavy (non-hydrogen) atoms. The van der Waals surface area contributed by atoms with Gasteiger partial charge >= 0.3 is 12.1 Å². The zero-order chi connectivity index (χ0) is 28.1. The molecule has 2 aliphatic heterocycles. The van der Waals surface area contributed by atoms with E-state index in [0.29, 0.717) is 12.8 Å². The molecule has 2 aliphatic carbocycles. The summed E-state index contributed by atoms with van der Waals surface area (Å²) >= 11 is 0. The van der Waals surface area contributed by atoms with Gasteiger partial charge in [0, 0.05) is 18.4 Å². The maximum atomic E-state index is 14.3. The van der Waals surface area contributed by atoms with Gasteiger partial charge in [-0.1, -0.05) is 85.6 Å². The molecule has 1 saturated heterocycles. The standard InChI is InChI=1S/C34H34N2O5/c37-32(36-29-16-8-3-10-22(29)18-31(36)33(38)39)30-17-21-9-1-2-11-23(21)19-35(30)34(40)41-20-28-26-14-6-4-12-24(26)25-13-5-7-15-27(25)28/h1-2,4-7,9,11-15,22,28-31H,3,8,10,16-20H2,(H,38,39)/t22?,29?,30-,31+/m1/s1. The summed E-state index contributed by atoms with van der Waals surface area (Å²) < 4.78 is 6.02. The predicted molar refractivity (Wildman–Crippen MR) is 153 cm³/mol. The second kappa shape index (κ2) is 10.4. The molecule has 2 amide bonds. The molecule has 210 valence electrons. The van der Waals surface area contributed by atoms with E-state index in [1.54, 1.807) is 4.90 Å². The minimum absolute atomic E-state index is 0.0844. The van der Waals surface area contributed by atoms with Crippen molar-refractivity contribution in [2.24, 2.45) is 5.92 Å². The molecular weight excluding hydrogens is 516 g/mol. The summed E-state index contributed by atoms with van der Waals surface area (Å²) in [5.41, 5.74) is 6.56. The summed E-state index contributed by atoms with van der Waals surface area (Å²) in [6.45, 7) is 0.418. The van der Waals surface area contributed by atoms with Gasteiger partial charge in [0.25, 0.3) is 0 Å². The van der Waals surface area contributed by atoms with Crippen molar-refractivity contribution in [3.05, 3.63) is 95.1 Å². The molecule has 1 N–H and O–H groups in total. The molecular formula is C34H34N2O5. The van der Waals surface area contributed by atoms with Crippen molar-refractivity contribution in [2.45, 2.75) is 69.1 Å². The highest BCUT2D eigenvalue weighted by molar-refractivity contribution is 5.91. The lowest BCUT2D eigenvalue weighted by Crippen LogP contribution is -2.57. The Morgan fingerprint density at radius 1 is 0.805 bits per heavy atom. The van der Waals surface area contributed by atoms with Gasteiger partial charge in [-0.05, 0) is 58.6 Å². The fourth-order valence-corrected chi connectivity index (χ4v) is 7.78. The first-order valence-corrected chi connectivity index (χ1v) is 14.7. The quantitative estimate of drug-likeness (QED) is 0.457. The van der Waals surface area contributed by atoms with Crippen molar-refractivity contribution in [3.8, 4) is 11.1 Å². The maximum Gasteiger partial charge on any atom is 0.410 e. The zero-order valence-corrected chi connectivity index (χ0v) is 22.9. The Hall–Kier alpha value is -4.13. The number of carbonyl (C=O) groups excluding carboxylic acids is 2. The van der Waals surface area contributed by atoms with Gasteiger partial charge in [0.05, 0.1) is 6.54 Å². The number of ether oxygens (including phenoxy) is 1. The monoisotopic (exact) mass is 550 g/mol. The fourth-order valence-electron chi connectivity index (χ4n) is 7.78. The van der Waals surface area contributed by atoms with Gasteiger partial charge < -0.3 is 14.7 Å². The second-order valence-electron chi connectivity index (χ2n) is 11.9. The molecule has 0 radical (unpaired) electrons. The number of aliphatic carboxylic acids is 1. The summed E-state index contributed by atoms with van der Waals surface area (Å²) in [5.74, 6) is -1.12. The van der Waals surface area contributed by atoms with Crippen molar-refractivity contribution >= 4 is 18.0 Å². The Bertz CT molecular complexity index is 1470. The summed E-state index contributed by atoms with van der Waals surface area (Å²) in [4.78, 5) is 43.6. The molecule has 4 atom stereocenters. The largest absolute Gasteiger partial charge is 0.480 e. The summed E-state index contributed by atoms with van der Waals surface area (Å²) in [6, 6.07) is 22.5. The third-order valence-electron chi connectivity index (χ3n) is 9.73. The highest BCUT2D eigenvalue weighted by Crippen LogP contribution is 2.45. The minimum Gasteiger partial charge on any atom is -0.480 e. The van der Waals surface area contributed by atoms with E-state index in [9.17, 15) is 19.5 Å². The Morgan fingerprint density at radius 2 is 1.44 bits per heavy atom. The van der Waals surface area contributed by atoms with Crippen LogP contribution in [0.1, 0.15) is 60.3 Å². The lowest BCUT2D eigenvalue weighted by Gasteiger charge is -2.40. The van der Waals surface area contributed by atoms with E-state index in [-0.39, 0.29) is 36.9 Å². The third kappa shape index (κ3) is 4.39. The van der Waals surface area contributed by atoms with E-state index >= 15 is 0 Å². The van der Waals surface area contributed by atoms with E-state index < -0.39 is 24.1 Å². The number of amides is 2. The Morgan fingerprint density at radius 3 is 2.15 bits per heavy atom. The molecule has 2 fully saturated rings. The van der Waals surface area contributed by atoms with Crippen LogP contribution in [0.2, 0.25) is 0 Å². The smallest absolute Gasteiger partial charge is 0.410 e. The van der Waals surface area contributed by atoms with Crippen LogP contribution < -0.4 is 0 Å². The molecule has 0 bridgehead atoms. The van der Waals surface area contributed by atoms with Gasteiger partial charge in [-0.25, -0.2) is 9.59 Å². The van der Waals surface area contributed by atoms with Crippen LogP contribution in [0, 0.1) is 5.92 Å². The van der Waals surface area contributed by atoms with Gasteiger partial charge in [0.2, 0.25) is 5.91 Å². The number of hydrogen-bond donors (Lipinski definition) is 1. The topological polar surface area (TPSA) is 87.2 Å². The highest BCUT2D eigenvalue weighted by atomic mass is 16.6. The number of nitrogens with zero attached hydrogens (tertiary/aromatic N) is 2. The van der Waals surface area contributed by atoms with Crippen molar-refractivity contribution < 1.29 is 24.2 Å². The highest BCUT2D eigenvalue weighted by Gasteiger charge is 2.50. The molecule has 0 aromatic heterocycles. The van der Waals surface area contributed by atoms with Crippen LogP contribution in [0.25, 0.3) is 11.1 Å². The van der Waals surface area contributed by atoms with E-state index in [4.69, 9.17) is 4.74 Å². The molecule has 3 aromatic carbocycles. The van der Waals surface area contributed by atoms with Gasteiger partial charge in [-0.3, -0.25) is 9.69 Å². The molecule has 7 nitrogen and oxygen atoms in total. The molecule has 4 aliphatic rings. The van der Waals surface area contributed by atoms with E-state index in [1.165, 1.54) is 4.90 Å². The summed E-state index contributed by atoms with van der Waals surface area (Å²) in [5, 5.41) is 10.1. The number of rotatable bonds is 4. The van der Waals surface area contributed by atoms with Gasteiger partial charge in [-0.2, -0.15) is 0 Å². The number of carboxylic acids is 1. The zero-order valence-electron chi connectivity index (χ0n) is 22.9. The number of carbonyl (C=O) groups is 3. The van der Waals surface area contributed by atoms with Gasteiger partial charge in [-0.15, -0.1) is 0 Å². The lowest BCUT2D eigenvalue weighted by molar-refractivity contribution is -0.152. The Balaban J connectivity index is 1.17. The van der Waals surface area contributed by atoms with Gasteiger partial charge in [0.15, 0.2) is 0 Å². The average Bonchev–Trinajstić information content (AvgIpc) is 3.55. The molecule has 2 heterocycles. The summed E-state index contributed by atoms with van der Waals surface area (Å²) in [7, 11) is 0. The number of fused-ring (bicyclic) bond motifs is 5. The fraction of sp³-hybridized carbons (Fsp3) is 0.382. The first-order chi connectivity index (χ1) is 20.0. The first-order valence-electron chi connectivity index (χ1n) is 14.7. The molecule has 7 rings (SSSR count). The molecule has 0 spiro atoms. The van der Waals surface area contributed by atoms with Gasteiger partial charge in [0.1, 0.15) is 18.7 Å². The maximum absolute atomic E-state index is 14.3. The van der Waals surface area contributed by atoms with Crippen LogP contribution in [0.4, 0.5) is 4.79 Å². The summed E-state index contributed by atoms with van der Waals surface area (Å²) in [6.07, 6.45) is 4.11.